The van der Waals surface area contributed by atoms with Crippen molar-refractivity contribution in [2.24, 2.45) is 0 Å². The molecule has 1 aromatic carbocycles. The maximum absolute atomic E-state index is 13.7. The zero-order valence-corrected chi connectivity index (χ0v) is 9.65. The fourth-order valence-corrected chi connectivity index (χ4v) is 2.17. The lowest BCUT2D eigenvalue weighted by atomic mass is 9.82. The van der Waals surface area contributed by atoms with Crippen LogP contribution in [0.4, 0.5) is 13.2 Å². The second kappa shape index (κ2) is 3.25. The molecular weight excluding hydrogens is 213 g/mol. The van der Waals surface area contributed by atoms with E-state index in [4.69, 9.17) is 0 Å². The lowest BCUT2D eigenvalue weighted by Gasteiger charge is -2.23. The van der Waals surface area contributed by atoms with Crippen LogP contribution >= 0.6 is 0 Å². The Morgan fingerprint density at radius 1 is 1.25 bits per heavy atom. The normalized spacial score (nSPS) is 23.2. The predicted octanol–water partition coefficient (Wildman–Crippen LogP) is 4.25. The molecule has 0 amide bonds. The molecule has 3 heteroatoms. The first-order chi connectivity index (χ1) is 7.23. The largest absolute Gasteiger partial charge is 0.255 e. The van der Waals surface area contributed by atoms with E-state index in [9.17, 15) is 13.2 Å². The molecule has 0 radical (unpaired) electrons. The molecule has 0 nitrogen and oxygen atoms in total. The van der Waals surface area contributed by atoms with E-state index in [1.54, 1.807) is 6.07 Å². The van der Waals surface area contributed by atoms with Crippen LogP contribution in [-0.2, 0) is 5.41 Å². The van der Waals surface area contributed by atoms with Gasteiger partial charge < -0.3 is 0 Å². The van der Waals surface area contributed by atoms with Gasteiger partial charge in [0.15, 0.2) is 0 Å². The molecule has 1 aromatic rings. The van der Waals surface area contributed by atoms with Gasteiger partial charge in [0.05, 0.1) is 5.92 Å². The van der Waals surface area contributed by atoms with E-state index in [-0.39, 0.29) is 12.2 Å². The second-order valence-corrected chi connectivity index (χ2v) is 5.47. The SMILES string of the molecule is CC(C)(C)c1c(F)cccc1C1CC1(F)F. The summed E-state index contributed by atoms with van der Waals surface area (Å²) in [5.74, 6) is -3.82. The molecule has 2 rings (SSSR count). The first-order valence-electron chi connectivity index (χ1n) is 5.40. The number of alkyl halides is 2. The molecule has 0 N–H and O–H groups in total. The third kappa shape index (κ3) is 1.83. The first-order valence-corrected chi connectivity index (χ1v) is 5.40. The summed E-state index contributed by atoms with van der Waals surface area (Å²) >= 11 is 0. The molecule has 16 heavy (non-hydrogen) atoms. The molecule has 88 valence electrons. The summed E-state index contributed by atoms with van der Waals surface area (Å²) < 4.78 is 39.9. The van der Waals surface area contributed by atoms with E-state index < -0.39 is 17.3 Å². The van der Waals surface area contributed by atoms with Crippen LogP contribution in [0.15, 0.2) is 18.2 Å². The van der Waals surface area contributed by atoms with Crippen LogP contribution in [0.1, 0.15) is 44.2 Å². The van der Waals surface area contributed by atoms with E-state index in [2.05, 4.69) is 0 Å². The third-order valence-corrected chi connectivity index (χ3v) is 3.00. The van der Waals surface area contributed by atoms with Crippen molar-refractivity contribution >= 4 is 0 Å². The third-order valence-electron chi connectivity index (χ3n) is 3.00. The fourth-order valence-electron chi connectivity index (χ4n) is 2.17. The van der Waals surface area contributed by atoms with Gasteiger partial charge in [0.2, 0.25) is 0 Å². The zero-order chi connectivity index (χ0) is 12.1. The Kier molecular flexibility index (Phi) is 2.34. The van der Waals surface area contributed by atoms with Gasteiger partial charge in [0.25, 0.3) is 5.92 Å². The van der Waals surface area contributed by atoms with Crippen molar-refractivity contribution in [3.8, 4) is 0 Å². The van der Waals surface area contributed by atoms with E-state index in [1.165, 1.54) is 12.1 Å². The van der Waals surface area contributed by atoms with Crippen molar-refractivity contribution in [3.63, 3.8) is 0 Å². The van der Waals surface area contributed by atoms with Crippen LogP contribution in [0.3, 0.4) is 0 Å². The van der Waals surface area contributed by atoms with E-state index in [1.807, 2.05) is 20.8 Å². The van der Waals surface area contributed by atoms with Crippen LogP contribution < -0.4 is 0 Å². The number of benzene rings is 1. The van der Waals surface area contributed by atoms with Gasteiger partial charge >= 0.3 is 0 Å². The van der Waals surface area contributed by atoms with Crippen LogP contribution in [-0.4, -0.2) is 5.92 Å². The van der Waals surface area contributed by atoms with Gasteiger partial charge in [-0.05, 0) is 22.6 Å². The first kappa shape index (κ1) is 11.5. The highest BCUT2D eigenvalue weighted by Crippen LogP contribution is 2.57. The molecule has 0 heterocycles. The van der Waals surface area contributed by atoms with Crippen molar-refractivity contribution in [1.82, 2.24) is 0 Å². The van der Waals surface area contributed by atoms with E-state index >= 15 is 0 Å². The minimum Gasteiger partial charge on any atom is -0.207 e. The van der Waals surface area contributed by atoms with Crippen molar-refractivity contribution in [2.45, 2.75) is 44.4 Å². The van der Waals surface area contributed by atoms with Crippen LogP contribution in [0.25, 0.3) is 0 Å². The quantitative estimate of drug-likeness (QED) is 0.674. The van der Waals surface area contributed by atoms with Gasteiger partial charge in [-0.3, -0.25) is 0 Å². The molecule has 0 bridgehead atoms. The topological polar surface area (TPSA) is 0 Å². The maximum Gasteiger partial charge on any atom is 0.255 e. The summed E-state index contributed by atoms with van der Waals surface area (Å²) in [6.07, 6.45) is -0.153. The average Bonchev–Trinajstić information content (AvgIpc) is 2.72. The summed E-state index contributed by atoms with van der Waals surface area (Å²) in [6, 6.07) is 4.47. The molecule has 0 saturated heterocycles. The van der Waals surface area contributed by atoms with Crippen LogP contribution in [0, 0.1) is 5.82 Å². The minimum absolute atomic E-state index is 0.153. The Hall–Kier alpha value is -0.990. The van der Waals surface area contributed by atoms with Crippen molar-refractivity contribution < 1.29 is 13.2 Å². The smallest absolute Gasteiger partial charge is 0.207 e. The Morgan fingerprint density at radius 3 is 2.25 bits per heavy atom. The Bertz CT molecular complexity index is 416. The van der Waals surface area contributed by atoms with E-state index in [0.717, 1.165) is 0 Å². The zero-order valence-electron chi connectivity index (χ0n) is 9.65. The minimum atomic E-state index is -2.65. The molecule has 1 atom stereocenters. The predicted molar refractivity (Wildman–Crippen MR) is 57.4 cm³/mol. The highest BCUT2D eigenvalue weighted by atomic mass is 19.3. The fraction of sp³-hybridized carbons (Fsp3) is 0.538. The molecule has 1 aliphatic carbocycles. The number of hydrogen-bond acceptors (Lipinski definition) is 0. The molecule has 1 fully saturated rings. The summed E-state index contributed by atoms with van der Waals surface area (Å²) in [6.45, 7) is 5.53. The van der Waals surface area contributed by atoms with Crippen molar-refractivity contribution in [3.05, 3.63) is 35.1 Å². The molecule has 0 aliphatic heterocycles. The van der Waals surface area contributed by atoms with Gasteiger partial charge in [0.1, 0.15) is 5.82 Å². The second-order valence-electron chi connectivity index (χ2n) is 5.47. The van der Waals surface area contributed by atoms with E-state index in [0.29, 0.717) is 11.1 Å². The Balaban J connectivity index is 2.51. The van der Waals surface area contributed by atoms with Crippen molar-refractivity contribution in [1.29, 1.82) is 0 Å². The summed E-state index contributed by atoms with van der Waals surface area (Å²) in [7, 11) is 0. The molecule has 0 spiro atoms. The lowest BCUT2D eigenvalue weighted by molar-refractivity contribution is 0.112. The Morgan fingerprint density at radius 2 is 1.81 bits per heavy atom. The lowest BCUT2D eigenvalue weighted by Crippen LogP contribution is -2.17. The van der Waals surface area contributed by atoms with Gasteiger partial charge in [-0.2, -0.15) is 0 Å². The van der Waals surface area contributed by atoms with Gasteiger partial charge in [-0.1, -0.05) is 32.9 Å². The molecule has 1 aliphatic rings. The molecule has 1 unspecified atom stereocenters. The highest BCUT2D eigenvalue weighted by Gasteiger charge is 2.58. The molecule has 1 saturated carbocycles. The monoisotopic (exact) mass is 228 g/mol. The maximum atomic E-state index is 13.7. The average molecular weight is 228 g/mol. The standard InChI is InChI=1S/C13H15F3/c1-12(2,3)11-8(5-4-6-10(11)14)9-7-13(9,15)16/h4-6,9H,7H2,1-3H3. The number of hydrogen-bond donors (Lipinski definition) is 0. The number of rotatable bonds is 1. The number of halogens is 3. The Labute approximate surface area is 93.5 Å². The highest BCUT2D eigenvalue weighted by molar-refractivity contribution is 5.41. The molecule has 0 aromatic heterocycles. The van der Waals surface area contributed by atoms with Gasteiger partial charge in [0, 0.05) is 6.42 Å². The summed E-state index contributed by atoms with van der Waals surface area (Å²) in [5, 5.41) is 0. The summed E-state index contributed by atoms with van der Waals surface area (Å²) in [5.41, 5.74) is 0.453. The van der Waals surface area contributed by atoms with Gasteiger partial charge in [-0.25, -0.2) is 13.2 Å². The summed E-state index contributed by atoms with van der Waals surface area (Å²) in [4.78, 5) is 0. The van der Waals surface area contributed by atoms with Crippen LogP contribution in [0.2, 0.25) is 0 Å². The van der Waals surface area contributed by atoms with Gasteiger partial charge in [-0.15, -0.1) is 0 Å². The molecular formula is C13H15F3. The van der Waals surface area contributed by atoms with Crippen molar-refractivity contribution in [2.75, 3.05) is 0 Å². The van der Waals surface area contributed by atoms with Crippen LogP contribution in [0.5, 0.6) is 0 Å².